The van der Waals surface area contributed by atoms with Gasteiger partial charge in [0.15, 0.2) is 0 Å². The number of nitrogens with one attached hydrogen (secondary N) is 1. The molecule has 1 unspecified atom stereocenters. The number of carboxylic acid groups (broad SMARTS) is 1. The Kier molecular flexibility index (Phi) is 7.82. The number of pyridine rings is 1. The lowest BCUT2D eigenvalue weighted by molar-refractivity contribution is -0.137. The van der Waals surface area contributed by atoms with E-state index < -0.39 is 5.97 Å². The highest BCUT2D eigenvalue weighted by Crippen LogP contribution is 2.17. The molecule has 5 nitrogen and oxygen atoms in total. The Labute approximate surface area is 129 Å². The maximum atomic E-state index is 12.1. The number of hydrogen-bond acceptors (Lipinski definition) is 4. The number of carbonyl (C=O) groups is 2. The van der Waals surface area contributed by atoms with Crippen LogP contribution in [0.3, 0.4) is 0 Å². The van der Waals surface area contributed by atoms with Gasteiger partial charge in [0.2, 0.25) is 0 Å². The SMILES string of the molecule is CCC(CCNC(=O)c1cccnc1SC)CCC(=O)O. The fraction of sp³-hybridized carbons (Fsp3) is 0.533. The average molecular weight is 310 g/mol. The summed E-state index contributed by atoms with van der Waals surface area (Å²) in [6.07, 6.45) is 6.12. The number of rotatable bonds is 9. The summed E-state index contributed by atoms with van der Waals surface area (Å²) in [6, 6.07) is 3.51. The van der Waals surface area contributed by atoms with Crippen molar-refractivity contribution in [1.29, 1.82) is 0 Å². The second-order valence-corrected chi connectivity index (χ2v) is 5.61. The topological polar surface area (TPSA) is 79.3 Å². The van der Waals surface area contributed by atoms with Crippen molar-refractivity contribution in [2.24, 2.45) is 5.92 Å². The second-order valence-electron chi connectivity index (χ2n) is 4.81. The minimum atomic E-state index is -0.766. The predicted octanol–water partition coefficient (Wildman–Crippen LogP) is 2.81. The van der Waals surface area contributed by atoms with Crippen LogP contribution in [0.25, 0.3) is 0 Å². The van der Waals surface area contributed by atoms with Gasteiger partial charge in [-0.1, -0.05) is 13.3 Å². The maximum Gasteiger partial charge on any atom is 0.303 e. The second kappa shape index (κ2) is 9.39. The van der Waals surface area contributed by atoms with Gasteiger partial charge in [0, 0.05) is 19.2 Å². The zero-order valence-electron chi connectivity index (χ0n) is 12.5. The van der Waals surface area contributed by atoms with E-state index in [-0.39, 0.29) is 12.3 Å². The van der Waals surface area contributed by atoms with Crippen LogP contribution in [0, 0.1) is 5.92 Å². The molecule has 6 heteroatoms. The third kappa shape index (κ3) is 6.16. The van der Waals surface area contributed by atoms with Crippen molar-refractivity contribution in [2.75, 3.05) is 12.8 Å². The van der Waals surface area contributed by atoms with Gasteiger partial charge in [-0.05, 0) is 37.1 Å². The third-order valence-corrected chi connectivity index (χ3v) is 4.10. The molecule has 0 bridgehead atoms. The predicted molar refractivity (Wildman–Crippen MR) is 83.6 cm³/mol. The molecular weight excluding hydrogens is 288 g/mol. The monoisotopic (exact) mass is 310 g/mol. The molecule has 0 spiro atoms. The molecule has 2 N–H and O–H groups in total. The van der Waals surface area contributed by atoms with Gasteiger partial charge in [-0.25, -0.2) is 4.98 Å². The lowest BCUT2D eigenvalue weighted by atomic mass is 9.96. The molecule has 0 aliphatic rings. The standard InChI is InChI=1S/C15H22N2O3S/c1-3-11(6-7-13(18)19)8-10-16-14(20)12-5-4-9-17-15(12)21-2/h4-5,9,11H,3,6-8,10H2,1-2H3,(H,16,20)(H,18,19). The number of nitrogens with zero attached hydrogens (tertiary/aromatic N) is 1. The van der Waals surface area contributed by atoms with Crippen molar-refractivity contribution in [3.63, 3.8) is 0 Å². The van der Waals surface area contributed by atoms with Gasteiger partial charge < -0.3 is 10.4 Å². The third-order valence-electron chi connectivity index (χ3n) is 3.39. The zero-order valence-corrected chi connectivity index (χ0v) is 13.3. The van der Waals surface area contributed by atoms with Crippen molar-refractivity contribution in [3.8, 4) is 0 Å². The Hall–Kier alpha value is -1.56. The van der Waals surface area contributed by atoms with Crippen molar-refractivity contribution in [2.45, 2.75) is 37.6 Å². The number of aliphatic carboxylic acids is 1. The van der Waals surface area contributed by atoms with Gasteiger partial charge in [0.25, 0.3) is 5.91 Å². The minimum absolute atomic E-state index is 0.125. The zero-order chi connectivity index (χ0) is 15.7. The van der Waals surface area contributed by atoms with Crippen molar-refractivity contribution in [1.82, 2.24) is 10.3 Å². The number of carboxylic acids is 1. The van der Waals surface area contributed by atoms with E-state index in [0.29, 0.717) is 29.5 Å². The first-order valence-electron chi connectivity index (χ1n) is 7.07. The van der Waals surface area contributed by atoms with Crippen LogP contribution in [0.4, 0.5) is 0 Å². The largest absolute Gasteiger partial charge is 0.481 e. The maximum absolute atomic E-state index is 12.1. The van der Waals surface area contributed by atoms with Crippen LogP contribution in [0.2, 0.25) is 0 Å². The summed E-state index contributed by atoms with van der Waals surface area (Å²) in [6.45, 7) is 2.60. The van der Waals surface area contributed by atoms with Crippen LogP contribution in [-0.4, -0.2) is 34.8 Å². The summed E-state index contributed by atoms with van der Waals surface area (Å²) >= 11 is 1.44. The fourth-order valence-electron chi connectivity index (χ4n) is 2.09. The number of aromatic nitrogens is 1. The van der Waals surface area contributed by atoms with E-state index in [0.717, 1.165) is 12.8 Å². The number of thioether (sulfide) groups is 1. The fourth-order valence-corrected chi connectivity index (χ4v) is 2.64. The molecule has 0 saturated carbocycles. The lowest BCUT2D eigenvalue weighted by Crippen LogP contribution is -2.26. The van der Waals surface area contributed by atoms with E-state index in [2.05, 4.69) is 10.3 Å². The van der Waals surface area contributed by atoms with Gasteiger partial charge in [-0.15, -0.1) is 11.8 Å². The number of hydrogen-bond donors (Lipinski definition) is 2. The van der Waals surface area contributed by atoms with Crippen molar-refractivity contribution in [3.05, 3.63) is 23.9 Å². The smallest absolute Gasteiger partial charge is 0.303 e. The highest BCUT2D eigenvalue weighted by molar-refractivity contribution is 7.98. The molecule has 1 rings (SSSR count). The van der Waals surface area contributed by atoms with E-state index in [1.165, 1.54) is 11.8 Å². The lowest BCUT2D eigenvalue weighted by Gasteiger charge is -2.14. The van der Waals surface area contributed by atoms with Gasteiger partial charge in [0.05, 0.1) is 5.56 Å². The van der Waals surface area contributed by atoms with Gasteiger partial charge in [-0.2, -0.15) is 0 Å². The van der Waals surface area contributed by atoms with E-state index in [9.17, 15) is 9.59 Å². The summed E-state index contributed by atoms with van der Waals surface area (Å²) in [5.74, 6) is -0.562. The Morgan fingerprint density at radius 3 is 2.81 bits per heavy atom. The molecule has 0 radical (unpaired) electrons. The molecule has 1 heterocycles. The molecular formula is C15H22N2O3S. The summed E-state index contributed by atoms with van der Waals surface area (Å²) in [7, 11) is 0. The van der Waals surface area contributed by atoms with Crippen molar-refractivity contribution >= 4 is 23.6 Å². The number of carbonyl (C=O) groups excluding carboxylic acids is 1. The van der Waals surface area contributed by atoms with Gasteiger partial charge >= 0.3 is 5.97 Å². The van der Waals surface area contributed by atoms with Crippen LogP contribution >= 0.6 is 11.8 Å². The van der Waals surface area contributed by atoms with Crippen LogP contribution in [-0.2, 0) is 4.79 Å². The molecule has 0 saturated heterocycles. The van der Waals surface area contributed by atoms with Crippen molar-refractivity contribution < 1.29 is 14.7 Å². The molecule has 0 aliphatic heterocycles. The normalized spacial score (nSPS) is 11.9. The van der Waals surface area contributed by atoms with E-state index in [1.54, 1.807) is 18.3 Å². The first-order chi connectivity index (χ1) is 10.1. The first-order valence-corrected chi connectivity index (χ1v) is 8.30. The summed E-state index contributed by atoms with van der Waals surface area (Å²) in [5, 5.41) is 12.3. The Morgan fingerprint density at radius 2 is 2.19 bits per heavy atom. The quantitative estimate of drug-likeness (QED) is 0.686. The molecule has 1 atom stereocenters. The highest BCUT2D eigenvalue weighted by atomic mass is 32.2. The van der Waals surface area contributed by atoms with Crippen LogP contribution in [0.15, 0.2) is 23.4 Å². The molecule has 116 valence electrons. The Bertz CT molecular complexity index is 480. The van der Waals surface area contributed by atoms with Crippen LogP contribution < -0.4 is 5.32 Å². The molecule has 1 amide bonds. The van der Waals surface area contributed by atoms with E-state index >= 15 is 0 Å². The molecule has 1 aromatic rings. The summed E-state index contributed by atoms with van der Waals surface area (Å²) < 4.78 is 0. The Balaban J connectivity index is 2.43. The van der Waals surface area contributed by atoms with E-state index in [1.807, 2.05) is 13.2 Å². The average Bonchev–Trinajstić information content (AvgIpc) is 2.50. The Morgan fingerprint density at radius 1 is 1.43 bits per heavy atom. The molecule has 21 heavy (non-hydrogen) atoms. The minimum Gasteiger partial charge on any atom is -0.481 e. The van der Waals surface area contributed by atoms with Crippen LogP contribution in [0.1, 0.15) is 43.0 Å². The van der Waals surface area contributed by atoms with Gasteiger partial charge in [-0.3, -0.25) is 9.59 Å². The molecule has 0 fully saturated rings. The molecule has 1 aromatic heterocycles. The first kappa shape index (κ1) is 17.5. The number of amides is 1. The van der Waals surface area contributed by atoms with Gasteiger partial charge in [0.1, 0.15) is 5.03 Å². The van der Waals surface area contributed by atoms with E-state index in [4.69, 9.17) is 5.11 Å². The summed E-state index contributed by atoms with van der Waals surface area (Å²) in [5.41, 5.74) is 0.587. The molecule has 0 aliphatic carbocycles. The summed E-state index contributed by atoms with van der Waals surface area (Å²) in [4.78, 5) is 26.8. The highest BCUT2D eigenvalue weighted by Gasteiger charge is 2.13. The molecule has 0 aromatic carbocycles. The van der Waals surface area contributed by atoms with Crippen LogP contribution in [0.5, 0.6) is 0 Å².